The lowest BCUT2D eigenvalue weighted by atomic mass is 9.80. The molecule has 5 heterocycles. The van der Waals surface area contributed by atoms with Crippen molar-refractivity contribution in [1.82, 2.24) is 39.1 Å². The lowest BCUT2D eigenvalue weighted by Crippen LogP contribution is -2.38. The average Bonchev–Trinajstić information content (AvgIpc) is 1.08. The number of ether oxygens (including phenoxy) is 6. The predicted octanol–water partition coefficient (Wildman–Crippen LogP) is 13.8. The van der Waals surface area contributed by atoms with Gasteiger partial charge in [-0.2, -0.15) is 0 Å². The lowest BCUT2D eigenvalue weighted by molar-refractivity contribution is -0.0939. The number of nitrogens with one attached hydrogen (secondary N) is 3. The van der Waals surface area contributed by atoms with Crippen LogP contribution in [0.3, 0.4) is 0 Å². The van der Waals surface area contributed by atoms with Crippen LogP contribution in [0.2, 0.25) is 0 Å². The third-order valence-corrected chi connectivity index (χ3v) is 21.5. The Bertz CT molecular complexity index is 4310. The number of amides is 2. The Morgan fingerprint density at radius 2 is 1.25 bits per heavy atom. The number of aryl methyl sites for hydroxylation is 1. The predicted molar refractivity (Wildman–Crippen MR) is 387 cm³/mol. The third-order valence-electron chi connectivity index (χ3n) is 18.2. The van der Waals surface area contributed by atoms with Crippen LogP contribution in [0.25, 0.3) is 22.3 Å². The molecular weight excluding hydrogens is 1340 g/mol. The zero-order chi connectivity index (χ0) is 71.4. The van der Waals surface area contributed by atoms with E-state index in [0.717, 1.165) is 50.9 Å². The van der Waals surface area contributed by atoms with Crippen LogP contribution >= 0.6 is 17.1 Å². The Morgan fingerprint density at radius 3 is 1.86 bits per heavy atom. The van der Waals surface area contributed by atoms with Gasteiger partial charge in [0.1, 0.15) is 54.7 Å². The Labute approximate surface area is 595 Å². The highest BCUT2D eigenvalue weighted by Gasteiger charge is 2.47. The summed E-state index contributed by atoms with van der Waals surface area (Å²) >= 11 is 0. The van der Waals surface area contributed by atoms with Gasteiger partial charge in [0, 0.05) is 54.7 Å². The number of nitrogens with zero attached hydrogens (tertiary/aromatic N) is 6. The van der Waals surface area contributed by atoms with Gasteiger partial charge in [-0.3, -0.25) is 23.7 Å². The summed E-state index contributed by atoms with van der Waals surface area (Å²) in [7, 11) is -0.635. The zero-order valence-corrected chi connectivity index (χ0v) is 60.4. The number of aromatic nitrogens is 6. The lowest BCUT2D eigenvalue weighted by Gasteiger charge is -2.37. The number of carbonyl (C=O) groups is 2. The molecule has 12 rings (SSSR count). The first-order valence-electron chi connectivity index (χ1n) is 34.5. The molecule has 0 radical (unpaired) electrons. The molecule has 0 spiro atoms. The highest BCUT2D eigenvalue weighted by Crippen LogP contribution is 2.53. The molecule has 2 saturated heterocycles. The van der Waals surface area contributed by atoms with E-state index >= 15 is 0 Å². The normalized spacial score (nSPS) is 18.7. The Morgan fingerprint density at radius 1 is 0.667 bits per heavy atom. The van der Waals surface area contributed by atoms with E-state index in [2.05, 4.69) is 89.1 Å². The molecule has 2 fully saturated rings. The summed E-state index contributed by atoms with van der Waals surface area (Å²) in [6.07, 6.45) is 1.02. The van der Waals surface area contributed by atoms with Gasteiger partial charge in [-0.25, -0.2) is 29.2 Å². The first-order chi connectivity index (χ1) is 49.6. The van der Waals surface area contributed by atoms with Crippen LogP contribution < -0.4 is 31.4 Å². The highest BCUT2D eigenvalue weighted by atomic mass is 31.2. The van der Waals surface area contributed by atoms with Gasteiger partial charge >= 0.3 is 20.4 Å². The van der Waals surface area contributed by atoms with E-state index in [1.807, 2.05) is 110 Å². The maximum Gasteiger partial charge on any atom is 0.407 e. The number of benzene rings is 6. The van der Waals surface area contributed by atoms with Crippen molar-refractivity contribution in [3.63, 3.8) is 0 Å². The van der Waals surface area contributed by atoms with Crippen LogP contribution in [0.4, 0.5) is 10.6 Å². The van der Waals surface area contributed by atoms with E-state index in [1.165, 1.54) is 17.1 Å². The molecule has 1 aliphatic carbocycles. The summed E-state index contributed by atoms with van der Waals surface area (Å²) in [5.74, 6) is 0.996. The number of alkyl carbamates (subject to hydrolysis) is 1. The minimum Gasteiger partial charge on any atom is -0.497 e. The smallest absolute Gasteiger partial charge is 0.407 e. The summed E-state index contributed by atoms with van der Waals surface area (Å²) in [6.45, 7) is 15.0. The minimum atomic E-state index is -2.22. The van der Waals surface area contributed by atoms with E-state index in [-0.39, 0.29) is 63.2 Å². The fourth-order valence-electron chi connectivity index (χ4n) is 13.2. The second-order valence-electron chi connectivity index (χ2n) is 25.7. The molecule has 536 valence electrons. The standard InChI is InChI=1S/C76H87N9O15P2/c1-10-37-94-101(85(48(3)4)49(5)6)99-63-39-68(84-47-80-69-70(78-46-79-71(69)84)81-73(87)52-27-25-51(26-28-52)41-77-75(89)92-43-62-60-23-17-15-21-58(60)59-22-16-18-24-61(59)62)98-66(63)45-96-102(95-38-11-2)100-64-40-67(83-42-50(7)72(86)82-74(83)88)97-65(64)44-93-76(53-19-13-12-14-20-53,54-29-33-56(90-8)34-30-54)55-31-35-57(91-9)36-32-55/h12-36,42,46-49,62-68H,10-11,37-41,43-45H2,1-9H3,(H,77,89)(H,82,86,88)(H,78,79,81,87)/t63?,64?,65-,66-,67-,68-,101?,102?/m1/s1. The second-order valence-corrected chi connectivity index (χ2v) is 28.3. The average molecular weight is 1430 g/mol. The van der Waals surface area contributed by atoms with E-state index in [9.17, 15) is 19.2 Å². The Hall–Kier alpha value is -8.61. The Kier molecular flexibility index (Phi) is 24.1. The largest absolute Gasteiger partial charge is 0.497 e. The molecule has 3 aromatic heterocycles. The number of H-pyrrole nitrogens is 1. The van der Waals surface area contributed by atoms with Crippen LogP contribution in [0.5, 0.6) is 11.5 Å². The van der Waals surface area contributed by atoms with Gasteiger partial charge in [0.25, 0.3) is 20.0 Å². The molecule has 3 N–H and O–H groups in total. The molecule has 24 nitrogen and oxygen atoms in total. The van der Waals surface area contributed by atoms with Gasteiger partial charge in [0.2, 0.25) is 0 Å². The topological polar surface area (TPSA) is 261 Å². The zero-order valence-electron chi connectivity index (χ0n) is 58.6. The summed E-state index contributed by atoms with van der Waals surface area (Å²) in [6, 6.07) is 48.6. The quantitative estimate of drug-likeness (QED) is 0.0261. The monoisotopic (exact) mass is 1430 g/mol. The van der Waals surface area contributed by atoms with Crippen molar-refractivity contribution in [3.05, 3.63) is 236 Å². The number of imidazole rings is 1. The molecule has 4 unspecified atom stereocenters. The molecular formula is C76H87N9O15P2. The van der Waals surface area contributed by atoms with E-state index in [1.54, 1.807) is 56.3 Å². The third kappa shape index (κ3) is 16.4. The van der Waals surface area contributed by atoms with E-state index in [4.69, 9.17) is 56.0 Å². The number of hydrogen-bond donors (Lipinski definition) is 3. The van der Waals surface area contributed by atoms with Gasteiger partial charge in [-0.05, 0) is 128 Å². The van der Waals surface area contributed by atoms with Crippen molar-refractivity contribution in [1.29, 1.82) is 0 Å². The number of carbonyl (C=O) groups excluding carboxylic acids is 2. The van der Waals surface area contributed by atoms with Gasteiger partial charge in [0.05, 0.1) is 59.2 Å². The summed E-state index contributed by atoms with van der Waals surface area (Å²) < 4.78 is 77.8. The number of methoxy groups -OCH3 is 2. The Balaban J connectivity index is 0.776. The number of rotatable bonds is 32. The fraction of sp³-hybridized carbons (Fsp3) is 0.382. The van der Waals surface area contributed by atoms with Crippen molar-refractivity contribution < 1.29 is 60.6 Å². The molecule has 102 heavy (non-hydrogen) atoms. The molecule has 9 aromatic rings. The van der Waals surface area contributed by atoms with Gasteiger partial charge in [-0.1, -0.05) is 129 Å². The first-order valence-corrected chi connectivity index (χ1v) is 36.7. The van der Waals surface area contributed by atoms with Crippen LogP contribution in [-0.2, 0) is 53.7 Å². The van der Waals surface area contributed by atoms with Crippen molar-refractivity contribution in [2.24, 2.45) is 0 Å². The van der Waals surface area contributed by atoms with Crippen molar-refractivity contribution in [3.8, 4) is 22.6 Å². The molecule has 0 saturated carbocycles. The molecule has 2 aliphatic heterocycles. The number of aromatic amines is 1. The SMILES string of the molecule is CCCOP(OC[C@H]1O[C@@H](n2cnc3c(NC(=O)c4ccc(CNC(=O)OCC5c6ccccc6-c6ccccc65)cc4)ncnc32)CC1OP(OCCC)N(C(C)C)C(C)C)OC1C[C@H](n2cc(C)c(=O)[nH]c2=O)O[C@@H]1COC(c1ccccc1)(c1ccc(OC)cc1)c1ccc(OC)cc1. The molecule has 0 bridgehead atoms. The number of fused-ring (bicyclic) bond motifs is 4. The van der Waals surface area contributed by atoms with Gasteiger partial charge in [0.15, 0.2) is 17.0 Å². The highest BCUT2D eigenvalue weighted by molar-refractivity contribution is 7.44. The van der Waals surface area contributed by atoms with Gasteiger partial charge in [-0.15, -0.1) is 0 Å². The minimum absolute atomic E-state index is 0.0552. The first kappa shape index (κ1) is 73.2. The van der Waals surface area contributed by atoms with Crippen LogP contribution in [0.15, 0.2) is 180 Å². The van der Waals surface area contributed by atoms with Crippen molar-refractivity contribution >= 4 is 46.1 Å². The molecule has 8 atom stereocenters. The van der Waals surface area contributed by atoms with Crippen LogP contribution in [-0.4, -0.2) is 129 Å². The molecule has 2 amide bonds. The summed E-state index contributed by atoms with van der Waals surface area (Å²) in [5.41, 5.74) is 6.68. The van der Waals surface area contributed by atoms with Crippen molar-refractivity contribution in [2.45, 2.75) is 141 Å². The van der Waals surface area contributed by atoms with Gasteiger partial charge < -0.3 is 61.7 Å². The molecule has 3 aliphatic rings. The number of hydrogen-bond acceptors (Lipinski definition) is 19. The summed E-state index contributed by atoms with van der Waals surface area (Å²) in [4.78, 5) is 69.8. The van der Waals surface area contributed by atoms with Crippen molar-refractivity contribution in [2.75, 3.05) is 52.6 Å². The van der Waals surface area contributed by atoms with E-state index in [0.29, 0.717) is 53.2 Å². The molecule has 6 aromatic carbocycles. The maximum atomic E-state index is 14.0. The molecule has 26 heteroatoms. The van der Waals surface area contributed by atoms with Crippen LogP contribution in [0, 0.1) is 6.92 Å². The van der Waals surface area contributed by atoms with E-state index < -0.39 is 82.9 Å². The fourth-order valence-corrected chi connectivity index (χ4v) is 16.3. The van der Waals surface area contributed by atoms with Crippen LogP contribution in [0.1, 0.15) is 135 Å². The summed E-state index contributed by atoms with van der Waals surface area (Å²) in [5, 5.41) is 5.78. The second kappa shape index (κ2) is 33.7. The number of anilines is 1. The maximum absolute atomic E-state index is 14.0.